The molecular weight excluding hydrogens is 655 g/mol. The zero-order chi connectivity index (χ0) is 30.4. The normalized spacial score (nSPS) is 31.7. The van der Waals surface area contributed by atoms with E-state index >= 15 is 0 Å². The molecule has 218 valence electrons. The molecule has 0 spiro atoms. The molecule has 2 aliphatic heterocycles. The number of likely N-dealkylation sites (tertiary alicyclic amines) is 1. The van der Waals surface area contributed by atoms with Crippen LogP contribution < -0.4 is 4.90 Å². The van der Waals surface area contributed by atoms with Crippen molar-refractivity contribution in [1.29, 1.82) is 0 Å². The number of aromatic hydroxyl groups is 1. The monoisotopic (exact) mass is 678 g/mol. The van der Waals surface area contributed by atoms with Crippen LogP contribution in [0.3, 0.4) is 0 Å². The number of carbonyl (C=O) groups is 4. The molecular formula is C33H25BrCl2N2O5. The lowest BCUT2D eigenvalue weighted by Crippen LogP contribution is -2.60. The van der Waals surface area contributed by atoms with Gasteiger partial charge < -0.3 is 5.11 Å². The summed E-state index contributed by atoms with van der Waals surface area (Å²) < 4.78 is 0. The summed E-state index contributed by atoms with van der Waals surface area (Å²) in [6, 6.07) is 17.4. The molecule has 7 nitrogen and oxygen atoms in total. The number of benzene rings is 3. The zero-order valence-corrected chi connectivity index (χ0v) is 25.8. The number of allylic oxidation sites excluding steroid dienone is 2. The molecule has 3 aromatic rings. The van der Waals surface area contributed by atoms with Gasteiger partial charge in [-0.2, -0.15) is 0 Å². The highest BCUT2D eigenvalue weighted by Crippen LogP contribution is 2.66. The number of phenols is 1. The lowest BCUT2D eigenvalue weighted by Gasteiger charge is -2.51. The molecule has 3 aromatic carbocycles. The predicted molar refractivity (Wildman–Crippen MR) is 168 cm³/mol. The van der Waals surface area contributed by atoms with Gasteiger partial charge >= 0.3 is 0 Å². The average molecular weight is 680 g/mol. The molecule has 1 N–H and O–H groups in total. The van der Waals surface area contributed by atoms with Crippen molar-refractivity contribution in [2.75, 3.05) is 10.4 Å². The van der Waals surface area contributed by atoms with Crippen LogP contribution in [0.25, 0.3) is 16.8 Å². The molecule has 4 amide bonds. The van der Waals surface area contributed by atoms with Crippen LogP contribution in [-0.4, -0.2) is 48.8 Å². The standard InChI is InChI=1S/C33H25BrCl2N2O5/c1-2-17-7-9-18(10-8-17)38-28(40)23-12-11-22-24(26(23)29(38)41)15-32(35)30(42)37(16-34)31(43)33(32,36)27(22)21-13-14-25(39)20-6-4-3-5-19(20)21/h2-11,13-14,23-24,26-27,39H,1,12,15-16H2. The second kappa shape index (κ2) is 9.78. The van der Waals surface area contributed by atoms with Gasteiger partial charge in [-0.15, -0.1) is 23.2 Å². The summed E-state index contributed by atoms with van der Waals surface area (Å²) in [4.78, 5) is 54.3. The number of amides is 4. The van der Waals surface area contributed by atoms with Crippen LogP contribution in [0.5, 0.6) is 5.75 Å². The number of alkyl halides is 3. The number of hydrogen-bond donors (Lipinski definition) is 1. The summed E-state index contributed by atoms with van der Waals surface area (Å²) in [6.45, 7) is 3.76. The Bertz CT molecular complexity index is 1810. The number of fused-ring (bicyclic) bond motifs is 5. The second-order valence-electron chi connectivity index (χ2n) is 11.5. The Morgan fingerprint density at radius 2 is 1.63 bits per heavy atom. The van der Waals surface area contributed by atoms with Crippen LogP contribution in [0, 0.1) is 17.8 Å². The topological polar surface area (TPSA) is 95.0 Å². The van der Waals surface area contributed by atoms with E-state index in [0.29, 0.717) is 27.6 Å². The van der Waals surface area contributed by atoms with Gasteiger partial charge in [0.15, 0.2) is 9.75 Å². The Morgan fingerprint density at radius 1 is 0.930 bits per heavy atom. The summed E-state index contributed by atoms with van der Waals surface area (Å²) in [5, 5.41) is 11.9. The number of imide groups is 2. The Kier molecular flexibility index (Phi) is 6.44. The van der Waals surface area contributed by atoms with E-state index in [1.807, 2.05) is 18.2 Å². The minimum absolute atomic E-state index is 0.0516. The quantitative estimate of drug-likeness (QED) is 0.156. The second-order valence-corrected chi connectivity index (χ2v) is 13.3. The molecule has 2 aliphatic carbocycles. The minimum atomic E-state index is -1.92. The minimum Gasteiger partial charge on any atom is -0.507 e. The summed E-state index contributed by atoms with van der Waals surface area (Å²) in [5.41, 5.74) is 2.51. The summed E-state index contributed by atoms with van der Waals surface area (Å²) in [5.74, 6) is -4.91. The van der Waals surface area contributed by atoms with E-state index < -0.39 is 45.2 Å². The first-order valence-electron chi connectivity index (χ1n) is 13.9. The van der Waals surface area contributed by atoms with Gasteiger partial charge in [0.25, 0.3) is 11.8 Å². The third kappa shape index (κ3) is 3.60. The van der Waals surface area contributed by atoms with Gasteiger partial charge in [0.05, 0.1) is 23.0 Å². The molecule has 43 heavy (non-hydrogen) atoms. The van der Waals surface area contributed by atoms with Crippen LogP contribution in [0.2, 0.25) is 0 Å². The van der Waals surface area contributed by atoms with Crippen LogP contribution in [-0.2, 0) is 19.2 Å². The molecule has 0 bridgehead atoms. The van der Waals surface area contributed by atoms with Gasteiger partial charge in [-0.3, -0.25) is 29.0 Å². The number of anilines is 1. The van der Waals surface area contributed by atoms with Crippen molar-refractivity contribution < 1.29 is 24.3 Å². The maximum atomic E-state index is 14.2. The largest absolute Gasteiger partial charge is 0.507 e. The molecule has 1 saturated carbocycles. The number of nitrogens with zero attached hydrogens (tertiary/aromatic N) is 2. The first-order chi connectivity index (χ1) is 20.6. The zero-order valence-electron chi connectivity index (χ0n) is 22.7. The highest BCUT2D eigenvalue weighted by atomic mass is 79.9. The number of phenolic OH excluding ortho intramolecular Hbond substituents is 1. The van der Waals surface area contributed by atoms with E-state index in [0.717, 1.165) is 10.5 Å². The van der Waals surface area contributed by atoms with Gasteiger partial charge in [-0.1, -0.05) is 82.7 Å². The smallest absolute Gasteiger partial charge is 0.254 e. The van der Waals surface area contributed by atoms with Crippen LogP contribution in [0.1, 0.15) is 29.9 Å². The molecule has 2 heterocycles. The van der Waals surface area contributed by atoms with E-state index in [1.54, 1.807) is 48.5 Å². The van der Waals surface area contributed by atoms with E-state index in [4.69, 9.17) is 23.2 Å². The molecule has 3 fully saturated rings. The van der Waals surface area contributed by atoms with Crippen LogP contribution in [0.4, 0.5) is 5.69 Å². The Labute approximate surface area is 265 Å². The summed E-state index contributed by atoms with van der Waals surface area (Å²) in [7, 11) is 0. The van der Waals surface area contributed by atoms with E-state index in [9.17, 15) is 24.3 Å². The SMILES string of the molecule is C=Cc1ccc(N2C(=O)C3CC=C4C(CC5(Cl)C(=O)N(CBr)C(=O)C5(Cl)C4c4ccc(O)c5ccccc45)C3C2=O)cc1. The van der Waals surface area contributed by atoms with Gasteiger partial charge in [0.2, 0.25) is 11.8 Å². The fourth-order valence-corrected chi connectivity index (χ4v) is 9.09. The highest BCUT2D eigenvalue weighted by molar-refractivity contribution is 9.09. The molecule has 0 aromatic heterocycles. The van der Waals surface area contributed by atoms with Gasteiger partial charge in [0.1, 0.15) is 5.75 Å². The summed E-state index contributed by atoms with van der Waals surface area (Å²) >= 11 is 18.0. The van der Waals surface area contributed by atoms with Crippen molar-refractivity contribution in [1.82, 2.24) is 4.90 Å². The Morgan fingerprint density at radius 3 is 2.30 bits per heavy atom. The summed E-state index contributed by atoms with van der Waals surface area (Å²) in [6.07, 6.45) is 3.76. The van der Waals surface area contributed by atoms with Crippen molar-refractivity contribution >= 4 is 85.3 Å². The van der Waals surface area contributed by atoms with Gasteiger partial charge in [-0.25, -0.2) is 0 Å². The van der Waals surface area contributed by atoms with Crippen LogP contribution in [0.15, 0.2) is 78.9 Å². The van der Waals surface area contributed by atoms with Crippen molar-refractivity contribution in [2.24, 2.45) is 17.8 Å². The van der Waals surface area contributed by atoms with Crippen molar-refractivity contribution in [3.63, 3.8) is 0 Å². The first kappa shape index (κ1) is 28.3. The van der Waals surface area contributed by atoms with Gasteiger partial charge in [0, 0.05) is 11.3 Å². The number of rotatable bonds is 4. The third-order valence-corrected chi connectivity index (χ3v) is 11.6. The maximum Gasteiger partial charge on any atom is 0.254 e. The molecule has 4 aliphatic rings. The molecule has 2 saturated heterocycles. The Balaban J connectivity index is 1.42. The molecule has 6 atom stereocenters. The molecule has 10 heteroatoms. The van der Waals surface area contributed by atoms with Crippen molar-refractivity contribution in [2.45, 2.75) is 28.5 Å². The lowest BCUT2D eigenvalue weighted by molar-refractivity contribution is -0.138. The molecule has 0 radical (unpaired) electrons. The number of halogens is 3. The van der Waals surface area contributed by atoms with Crippen LogP contribution >= 0.6 is 39.1 Å². The molecule has 7 rings (SSSR count). The fourth-order valence-electron chi connectivity index (χ4n) is 7.67. The maximum absolute atomic E-state index is 14.2. The first-order valence-corrected chi connectivity index (χ1v) is 15.8. The molecule has 6 unspecified atom stereocenters. The number of carbonyl (C=O) groups excluding carboxylic acids is 4. The lowest BCUT2D eigenvalue weighted by atomic mass is 9.56. The van der Waals surface area contributed by atoms with E-state index in [1.165, 1.54) is 11.0 Å². The van der Waals surface area contributed by atoms with Crippen molar-refractivity contribution in [3.05, 3.63) is 90.0 Å². The third-order valence-electron chi connectivity index (χ3n) is 9.65. The van der Waals surface area contributed by atoms with Gasteiger partial charge in [-0.05, 0) is 53.5 Å². The average Bonchev–Trinajstić information content (AvgIpc) is 3.35. The van der Waals surface area contributed by atoms with E-state index in [2.05, 4.69) is 22.5 Å². The fraction of sp³-hybridized carbons (Fsp3) is 0.273. The highest BCUT2D eigenvalue weighted by Gasteiger charge is 2.76. The van der Waals surface area contributed by atoms with E-state index in [-0.39, 0.29) is 35.9 Å². The van der Waals surface area contributed by atoms with Crippen molar-refractivity contribution in [3.8, 4) is 5.75 Å². The number of hydrogen-bond acceptors (Lipinski definition) is 5. The predicted octanol–water partition coefficient (Wildman–Crippen LogP) is 6.10. The Hall–Kier alpha value is -3.46.